The number of amides is 2. The molecule has 0 aliphatic carbocycles. The molecule has 6 heterocycles. The summed E-state index contributed by atoms with van der Waals surface area (Å²) in [7, 11) is 0. The van der Waals surface area contributed by atoms with Gasteiger partial charge in [0.15, 0.2) is 36.1 Å². The molecule has 10 atom stereocenters. The highest BCUT2D eigenvalue weighted by Gasteiger charge is 2.53. The monoisotopic (exact) mass is 1300 g/mol. The van der Waals surface area contributed by atoms with Crippen LogP contribution in [0, 0.1) is 37.1 Å². The molecule has 4 aromatic carbocycles. The van der Waals surface area contributed by atoms with Gasteiger partial charge in [0.2, 0.25) is 0 Å². The summed E-state index contributed by atoms with van der Waals surface area (Å²) >= 11 is 37.4. The third-order valence-corrected chi connectivity index (χ3v) is 15.4. The maximum atomic E-state index is 14.7. The summed E-state index contributed by atoms with van der Waals surface area (Å²) in [6.45, 7) is 1.06. The molecule has 34 heteroatoms. The molecule has 448 valence electrons. The number of nitrogens with one attached hydrogen (secondary N) is 2. The average molecular weight is 1300 g/mol. The van der Waals surface area contributed by atoms with Crippen LogP contribution in [0.1, 0.15) is 54.0 Å². The Morgan fingerprint density at radius 2 is 0.976 bits per heavy atom. The molecule has 8 aromatic rings. The second kappa shape index (κ2) is 25.6. The van der Waals surface area contributed by atoms with E-state index in [1.54, 1.807) is 13.8 Å². The van der Waals surface area contributed by atoms with Gasteiger partial charge in [-0.3, -0.25) is 0 Å². The van der Waals surface area contributed by atoms with Crippen molar-refractivity contribution in [3.8, 4) is 33.9 Å². The topological polar surface area (TPSA) is 299 Å². The van der Waals surface area contributed by atoms with Crippen molar-refractivity contribution < 1.29 is 66.5 Å². The maximum Gasteiger partial charge on any atom is 0.407 e. The molecule has 2 aliphatic heterocycles. The van der Waals surface area contributed by atoms with Crippen LogP contribution < -0.4 is 10.6 Å². The number of hydrogen-bond donors (Lipinski definition) is 6. The van der Waals surface area contributed by atoms with E-state index < -0.39 is 120 Å². The van der Waals surface area contributed by atoms with Gasteiger partial charge in [0.1, 0.15) is 92.9 Å². The van der Waals surface area contributed by atoms with Gasteiger partial charge in [0.25, 0.3) is 0 Å². The van der Waals surface area contributed by atoms with Crippen LogP contribution in [0.5, 0.6) is 0 Å². The number of aliphatic hydroxyl groups is 4. The van der Waals surface area contributed by atoms with Crippen LogP contribution in [0.3, 0.4) is 0 Å². The molecule has 85 heavy (non-hydrogen) atoms. The number of aromatic nitrogens is 12. The molecule has 2 fully saturated rings. The van der Waals surface area contributed by atoms with Gasteiger partial charge < -0.3 is 50.0 Å². The van der Waals surface area contributed by atoms with Crippen LogP contribution in [0.4, 0.5) is 27.2 Å². The molecule has 0 radical (unpaired) electrons. The second-order valence-electron chi connectivity index (χ2n) is 19.2. The Bertz CT molecular complexity index is 3520. The fraction of sp³-hybridized carbons (Fsp3) is 0.333. The van der Waals surface area contributed by atoms with E-state index in [1.165, 1.54) is 58.2 Å². The number of carbonyl (C=O) groups is 2. The maximum absolute atomic E-state index is 14.7. The Hall–Kier alpha value is -6.80. The van der Waals surface area contributed by atoms with Crippen LogP contribution in [0.25, 0.3) is 33.9 Å². The molecule has 4 aromatic heterocycles. The SMILES string of the molecule is Cc1nc([C@@H]2O[C@H](CO)[C@H](O)[C@H](n3cc(-c4cc(F)c(Cl)c(F)c4)nn3)[C@H]2OC(=O)NCCCNC(=O)O[C@@H]2[C@@H](n3cc(-c4cc(F)c(Cl)c(F)c4)nn3)[C@@H](O)[C@@H](CO)O[C@H]2c2nc(C)nn2-c2cc(Cl)ccc2Cl)n(-c2cc(Cl)ccc2Cl)n1. The van der Waals surface area contributed by atoms with Gasteiger partial charge in [0, 0.05) is 34.3 Å². The van der Waals surface area contributed by atoms with Crippen molar-refractivity contribution in [1.82, 2.24) is 70.2 Å². The van der Waals surface area contributed by atoms with Crippen molar-refractivity contribution in [1.29, 1.82) is 0 Å². The highest BCUT2D eigenvalue weighted by Crippen LogP contribution is 2.44. The van der Waals surface area contributed by atoms with E-state index in [9.17, 15) is 47.6 Å². The van der Waals surface area contributed by atoms with Gasteiger partial charge in [0.05, 0.1) is 47.0 Å². The van der Waals surface area contributed by atoms with Crippen molar-refractivity contribution in [3.63, 3.8) is 0 Å². The lowest BCUT2D eigenvalue weighted by Gasteiger charge is -2.43. The van der Waals surface area contributed by atoms with Crippen molar-refractivity contribution in [2.75, 3.05) is 26.3 Å². The quantitative estimate of drug-likeness (QED) is 0.0305. The van der Waals surface area contributed by atoms with Crippen LogP contribution in [0.15, 0.2) is 73.1 Å². The fourth-order valence-electron chi connectivity index (χ4n) is 9.67. The number of carbonyl (C=O) groups excluding carboxylic acids is 2. The minimum Gasteiger partial charge on any atom is -0.441 e. The minimum absolute atomic E-state index is 0.0282. The second-order valence-corrected chi connectivity index (χ2v) is 21.6. The number of alkyl carbamates (subject to hydrolysis) is 2. The molecule has 0 unspecified atom stereocenters. The third kappa shape index (κ3) is 12.7. The van der Waals surface area contributed by atoms with Crippen LogP contribution in [0.2, 0.25) is 30.1 Å². The summed E-state index contributed by atoms with van der Waals surface area (Å²) in [4.78, 5) is 37.1. The van der Waals surface area contributed by atoms with Gasteiger partial charge in [-0.15, -0.1) is 10.2 Å². The Balaban J connectivity index is 0.903. The van der Waals surface area contributed by atoms with Crippen LogP contribution in [-0.2, 0) is 18.9 Å². The lowest BCUT2D eigenvalue weighted by atomic mass is 9.91. The highest BCUT2D eigenvalue weighted by atomic mass is 35.5. The third-order valence-electron chi connectivity index (χ3n) is 13.6. The first-order valence-electron chi connectivity index (χ1n) is 25.3. The number of benzene rings is 4. The van der Waals surface area contributed by atoms with E-state index >= 15 is 0 Å². The largest absolute Gasteiger partial charge is 0.441 e. The minimum atomic E-state index is -1.72. The molecule has 0 saturated carbocycles. The van der Waals surface area contributed by atoms with E-state index in [-0.39, 0.29) is 96.8 Å². The van der Waals surface area contributed by atoms with Crippen molar-refractivity contribution in [2.45, 2.75) is 81.2 Å². The van der Waals surface area contributed by atoms with Gasteiger partial charge >= 0.3 is 12.2 Å². The van der Waals surface area contributed by atoms with E-state index in [2.05, 4.69) is 51.4 Å². The number of hydrogen-bond acceptors (Lipinski definition) is 18. The van der Waals surface area contributed by atoms with Gasteiger partial charge in [-0.2, -0.15) is 10.2 Å². The average Bonchev–Trinajstić information content (AvgIpc) is 2.73. The van der Waals surface area contributed by atoms with E-state index in [0.29, 0.717) is 0 Å². The fourth-order valence-corrected chi connectivity index (χ4v) is 10.6. The molecule has 2 saturated heterocycles. The first-order valence-corrected chi connectivity index (χ1v) is 27.6. The molecule has 2 amide bonds. The van der Waals surface area contributed by atoms with E-state index in [0.717, 1.165) is 33.6 Å². The molecular formula is C51H44Cl6F4N14O10. The van der Waals surface area contributed by atoms with E-state index in [1.807, 2.05) is 0 Å². The van der Waals surface area contributed by atoms with Crippen molar-refractivity contribution in [3.05, 3.63) is 150 Å². The smallest absolute Gasteiger partial charge is 0.407 e. The zero-order valence-electron chi connectivity index (χ0n) is 43.6. The molecule has 0 spiro atoms. The predicted octanol–water partition coefficient (Wildman–Crippen LogP) is 7.81. The van der Waals surface area contributed by atoms with Gasteiger partial charge in [-0.25, -0.2) is 55.8 Å². The van der Waals surface area contributed by atoms with E-state index in [4.69, 9.17) is 88.6 Å². The summed E-state index contributed by atoms with van der Waals surface area (Å²) in [6.07, 6.45) is -12.4. The summed E-state index contributed by atoms with van der Waals surface area (Å²) in [5.74, 6) is -4.15. The number of ether oxygens (including phenoxy) is 4. The van der Waals surface area contributed by atoms with Crippen LogP contribution >= 0.6 is 69.6 Å². The first kappa shape index (κ1) is 61.3. The summed E-state index contributed by atoms with van der Waals surface area (Å²) in [5, 5.41) is 74.5. The summed E-state index contributed by atoms with van der Waals surface area (Å²) in [6, 6.07) is 9.68. The number of nitrogens with zero attached hydrogens (tertiary/aromatic N) is 12. The molecule has 10 rings (SSSR count). The Morgan fingerprint density at radius 1 is 0.600 bits per heavy atom. The zero-order chi connectivity index (χ0) is 60.7. The predicted molar refractivity (Wildman–Crippen MR) is 294 cm³/mol. The molecule has 6 N–H and O–H groups in total. The molecule has 0 bridgehead atoms. The lowest BCUT2D eigenvalue weighted by molar-refractivity contribution is -0.210. The van der Waals surface area contributed by atoms with Crippen molar-refractivity contribution >= 4 is 81.8 Å². The highest BCUT2D eigenvalue weighted by molar-refractivity contribution is 6.35. The van der Waals surface area contributed by atoms with Crippen molar-refractivity contribution in [2.24, 2.45) is 0 Å². The number of aliphatic hydroxyl groups excluding tert-OH is 4. The van der Waals surface area contributed by atoms with Crippen LogP contribution in [-0.4, -0.2) is 155 Å². The normalized spacial score (nSPS) is 22.4. The zero-order valence-corrected chi connectivity index (χ0v) is 48.2. The standard InChI is InChI=1S/C51H44Cl6F4N14O10/c1-20-64-48(74(68-20)34-14-24(52)4-6-26(34)54)46-44(40(42(78)36(18-76)82-46)72-16-32(66-70-72)22-10-28(58)38(56)29(59)11-22)84-50(80)62-8-3-9-63-51(81)85-45-41(73-17-33(67-71-73)23-12-30(60)39(57)31(61)13-23)43(79)37(19-77)83-47(45)49-65-21(2)69-75(49)35-15-25(53)5-7-27(35)55/h4-7,10-17,36-37,40-47,76-79H,3,8-9,18-19H2,1-2H3,(H,62,80)(H,63,81)/t36-,37-,40+,41+,42+,43+,44-,45-,46-,47-/m1/s1. The molecular weight excluding hydrogens is 1260 g/mol. The Labute approximate surface area is 507 Å². The number of aryl methyl sites for hydroxylation is 2. The lowest BCUT2D eigenvalue weighted by Crippen LogP contribution is -2.55. The van der Waals surface area contributed by atoms with Gasteiger partial charge in [-0.1, -0.05) is 80.0 Å². The Morgan fingerprint density at radius 3 is 1.34 bits per heavy atom. The summed E-state index contributed by atoms with van der Waals surface area (Å²) < 4.78 is 87.8. The van der Waals surface area contributed by atoms with Gasteiger partial charge in [-0.05, 0) is 80.9 Å². The summed E-state index contributed by atoms with van der Waals surface area (Å²) in [5.41, 5.74) is 0.0231. The molecule has 24 nitrogen and oxygen atoms in total. The number of halogens is 10. The number of rotatable bonds is 16. The Kier molecular flexibility index (Phi) is 18.5. The molecule has 2 aliphatic rings. The first-order chi connectivity index (χ1) is 40.6.